The number of rotatable bonds is 7. The molecule has 0 bridgehead atoms. The Kier molecular flexibility index (Phi) is 10.1. The molecule has 1 saturated heterocycles. The zero-order valence-electron chi connectivity index (χ0n) is 19.3. The van der Waals surface area contributed by atoms with Crippen molar-refractivity contribution in [1.82, 2.24) is 20.5 Å². The van der Waals surface area contributed by atoms with Gasteiger partial charge in [-0.15, -0.1) is 24.0 Å². The number of aliphatic imine (C=N–C) groups is 1. The molecule has 0 atom stereocenters. The molecule has 1 fully saturated rings. The molecule has 1 aliphatic heterocycles. The Bertz CT molecular complexity index is 868. The van der Waals surface area contributed by atoms with E-state index in [4.69, 9.17) is 4.99 Å². The number of aromatic amines is 1. The Hall–Kier alpha value is -1.77. The molecule has 0 aliphatic carbocycles. The number of hydrogen-bond acceptors (Lipinski definition) is 2. The SMILES string of the molecule is CCNC(=NCCc1c[nH]c2c(CC)cccc12)NC1CCN(C(=O)C(C)C)CC1.I. The number of fused-ring (bicyclic) bond motifs is 1. The lowest BCUT2D eigenvalue weighted by molar-refractivity contribution is -0.135. The maximum Gasteiger partial charge on any atom is 0.225 e. The van der Waals surface area contributed by atoms with Gasteiger partial charge in [-0.2, -0.15) is 0 Å². The summed E-state index contributed by atoms with van der Waals surface area (Å²) >= 11 is 0. The number of guanidine groups is 1. The van der Waals surface area contributed by atoms with Crippen LogP contribution in [0.1, 0.15) is 51.7 Å². The Labute approximate surface area is 203 Å². The molecule has 0 spiro atoms. The highest BCUT2D eigenvalue weighted by Crippen LogP contribution is 2.22. The van der Waals surface area contributed by atoms with Gasteiger partial charge in [0.25, 0.3) is 0 Å². The van der Waals surface area contributed by atoms with Crippen LogP contribution in [-0.4, -0.2) is 54.0 Å². The maximum atomic E-state index is 12.2. The van der Waals surface area contributed by atoms with Crippen molar-refractivity contribution in [2.24, 2.45) is 10.9 Å². The van der Waals surface area contributed by atoms with Crippen molar-refractivity contribution in [2.45, 2.75) is 59.4 Å². The molecule has 7 heteroatoms. The molecule has 1 aliphatic rings. The minimum absolute atomic E-state index is 0. The van der Waals surface area contributed by atoms with Gasteiger partial charge in [-0.1, -0.05) is 39.0 Å². The van der Waals surface area contributed by atoms with Gasteiger partial charge in [-0.3, -0.25) is 9.79 Å². The number of H-pyrrole nitrogens is 1. The smallest absolute Gasteiger partial charge is 0.225 e. The lowest BCUT2D eigenvalue weighted by Crippen LogP contribution is -2.50. The lowest BCUT2D eigenvalue weighted by atomic mass is 10.0. The maximum absolute atomic E-state index is 12.2. The fourth-order valence-electron chi connectivity index (χ4n) is 4.19. The third-order valence-corrected chi connectivity index (χ3v) is 5.90. The summed E-state index contributed by atoms with van der Waals surface area (Å²) in [4.78, 5) is 22.4. The Morgan fingerprint density at radius 1 is 1.23 bits per heavy atom. The van der Waals surface area contributed by atoms with Gasteiger partial charge in [0, 0.05) is 55.2 Å². The first-order valence-electron chi connectivity index (χ1n) is 11.4. The van der Waals surface area contributed by atoms with Crippen molar-refractivity contribution >= 4 is 46.7 Å². The van der Waals surface area contributed by atoms with Gasteiger partial charge in [0.1, 0.15) is 0 Å². The van der Waals surface area contributed by atoms with Crippen molar-refractivity contribution in [3.05, 3.63) is 35.5 Å². The van der Waals surface area contributed by atoms with E-state index in [1.54, 1.807) is 0 Å². The second-order valence-electron chi connectivity index (χ2n) is 8.42. The van der Waals surface area contributed by atoms with Crippen LogP contribution in [0.4, 0.5) is 0 Å². The average Bonchev–Trinajstić information content (AvgIpc) is 3.17. The van der Waals surface area contributed by atoms with Gasteiger partial charge in [-0.25, -0.2) is 0 Å². The molecule has 1 aromatic carbocycles. The predicted molar refractivity (Wildman–Crippen MR) is 140 cm³/mol. The van der Waals surface area contributed by atoms with Gasteiger partial charge >= 0.3 is 0 Å². The summed E-state index contributed by atoms with van der Waals surface area (Å²) in [6.45, 7) is 11.4. The van der Waals surface area contributed by atoms with Crippen LogP contribution in [0.3, 0.4) is 0 Å². The van der Waals surface area contributed by atoms with Crippen LogP contribution in [0, 0.1) is 5.92 Å². The number of aryl methyl sites for hydroxylation is 1. The summed E-state index contributed by atoms with van der Waals surface area (Å²) in [6.07, 6.45) is 5.99. The number of para-hydroxylation sites is 1. The first kappa shape index (κ1) is 25.5. The fourth-order valence-corrected chi connectivity index (χ4v) is 4.19. The average molecular weight is 540 g/mol. The normalized spacial score (nSPS) is 15.3. The summed E-state index contributed by atoms with van der Waals surface area (Å²) in [5.41, 5.74) is 3.94. The first-order valence-corrected chi connectivity index (χ1v) is 11.4. The van der Waals surface area contributed by atoms with E-state index in [1.807, 2.05) is 18.7 Å². The quantitative estimate of drug-likeness (QED) is 0.282. The minimum atomic E-state index is 0. The van der Waals surface area contributed by atoms with Crippen LogP contribution >= 0.6 is 24.0 Å². The van der Waals surface area contributed by atoms with Crippen LogP contribution in [0.25, 0.3) is 10.9 Å². The summed E-state index contributed by atoms with van der Waals surface area (Å²) in [7, 11) is 0. The number of piperidine rings is 1. The molecule has 0 saturated carbocycles. The van der Waals surface area contributed by atoms with Gasteiger partial charge in [0.05, 0.1) is 0 Å². The number of carbonyl (C=O) groups is 1. The van der Waals surface area contributed by atoms with Crippen molar-refractivity contribution in [1.29, 1.82) is 0 Å². The summed E-state index contributed by atoms with van der Waals surface area (Å²) in [5.74, 6) is 1.21. The van der Waals surface area contributed by atoms with E-state index in [2.05, 4.69) is 53.9 Å². The molecule has 0 unspecified atom stereocenters. The number of carbonyl (C=O) groups excluding carboxylic acids is 1. The number of nitrogens with one attached hydrogen (secondary N) is 3. The monoisotopic (exact) mass is 539 g/mol. The molecule has 2 aromatic rings. The highest BCUT2D eigenvalue weighted by atomic mass is 127. The van der Waals surface area contributed by atoms with Crippen molar-refractivity contribution in [2.75, 3.05) is 26.2 Å². The van der Waals surface area contributed by atoms with Gasteiger partial charge < -0.3 is 20.5 Å². The van der Waals surface area contributed by atoms with Gasteiger partial charge in [-0.05, 0) is 43.7 Å². The van der Waals surface area contributed by atoms with Crippen LogP contribution in [0.5, 0.6) is 0 Å². The second kappa shape index (κ2) is 12.3. The van der Waals surface area contributed by atoms with E-state index in [0.29, 0.717) is 6.04 Å². The molecule has 3 rings (SSSR count). The molecule has 31 heavy (non-hydrogen) atoms. The summed E-state index contributed by atoms with van der Waals surface area (Å²) in [5, 5.41) is 8.25. The van der Waals surface area contributed by atoms with Crippen molar-refractivity contribution in [3.8, 4) is 0 Å². The number of aromatic nitrogens is 1. The molecule has 2 heterocycles. The predicted octanol–water partition coefficient (Wildman–Crippen LogP) is 4.09. The van der Waals surface area contributed by atoms with E-state index in [-0.39, 0.29) is 35.8 Å². The standard InChI is InChI=1S/C24H37N5O.HI/c1-5-18-8-7-9-21-19(16-27-22(18)21)10-13-26-24(25-6-2)28-20-11-14-29(15-12-20)23(30)17(3)4;/h7-9,16-17,20,27H,5-6,10-15H2,1-4H3,(H2,25,26,28);1H. The van der Waals surface area contributed by atoms with Crippen molar-refractivity contribution < 1.29 is 4.79 Å². The van der Waals surface area contributed by atoms with Crippen LogP contribution < -0.4 is 10.6 Å². The number of benzene rings is 1. The van der Waals surface area contributed by atoms with Crippen molar-refractivity contribution in [3.63, 3.8) is 0 Å². The third-order valence-electron chi connectivity index (χ3n) is 5.90. The van der Waals surface area contributed by atoms with Crippen LogP contribution in [0.15, 0.2) is 29.4 Å². The number of halogens is 1. The molecular weight excluding hydrogens is 501 g/mol. The highest BCUT2D eigenvalue weighted by Gasteiger charge is 2.24. The summed E-state index contributed by atoms with van der Waals surface area (Å²) in [6, 6.07) is 6.89. The Morgan fingerprint density at radius 3 is 2.61 bits per heavy atom. The van der Waals surface area contributed by atoms with E-state index < -0.39 is 0 Å². The molecule has 0 radical (unpaired) electrons. The van der Waals surface area contributed by atoms with Crippen LogP contribution in [0.2, 0.25) is 0 Å². The summed E-state index contributed by atoms with van der Waals surface area (Å²) < 4.78 is 0. The number of hydrogen-bond donors (Lipinski definition) is 3. The highest BCUT2D eigenvalue weighted by molar-refractivity contribution is 14.0. The lowest BCUT2D eigenvalue weighted by Gasteiger charge is -2.34. The van der Waals surface area contributed by atoms with Crippen LogP contribution in [-0.2, 0) is 17.6 Å². The Morgan fingerprint density at radius 2 is 1.97 bits per heavy atom. The molecule has 1 aromatic heterocycles. The minimum Gasteiger partial charge on any atom is -0.361 e. The second-order valence-corrected chi connectivity index (χ2v) is 8.42. The number of amides is 1. The van der Waals surface area contributed by atoms with E-state index in [1.165, 1.54) is 22.0 Å². The molecular formula is C24H38IN5O. The number of nitrogens with zero attached hydrogens (tertiary/aromatic N) is 2. The van der Waals surface area contributed by atoms with Gasteiger partial charge in [0.15, 0.2) is 5.96 Å². The molecule has 172 valence electrons. The Balaban J connectivity index is 0.00000341. The molecule has 3 N–H and O–H groups in total. The molecule has 1 amide bonds. The van der Waals surface area contributed by atoms with E-state index in [0.717, 1.165) is 57.8 Å². The largest absolute Gasteiger partial charge is 0.361 e. The first-order chi connectivity index (χ1) is 14.5. The van der Waals surface area contributed by atoms with E-state index >= 15 is 0 Å². The number of likely N-dealkylation sites (tertiary alicyclic amines) is 1. The van der Waals surface area contributed by atoms with E-state index in [9.17, 15) is 4.79 Å². The zero-order chi connectivity index (χ0) is 21.5. The molecule has 6 nitrogen and oxygen atoms in total. The fraction of sp³-hybridized carbons (Fsp3) is 0.583. The van der Waals surface area contributed by atoms with Gasteiger partial charge in [0.2, 0.25) is 5.91 Å². The zero-order valence-corrected chi connectivity index (χ0v) is 21.7. The third kappa shape index (κ3) is 6.60. The topological polar surface area (TPSA) is 72.5 Å².